The molecule has 1 unspecified atom stereocenters. The summed E-state index contributed by atoms with van der Waals surface area (Å²) in [4.78, 5) is 14.2. The van der Waals surface area contributed by atoms with Gasteiger partial charge in [-0.25, -0.2) is 0 Å². The molecule has 6 heteroatoms. The zero-order valence-electron chi connectivity index (χ0n) is 11.3. The molecule has 0 aromatic carbocycles. The first-order valence-corrected chi connectivity index (χ1v) is 6.45. The number of hydrogen-bond acceptors (Lipinski definition) is 4. The number of carbonyl (C=O) groups excluding carboxylic acids is 1. The maximum atomic E-state index is 12.3. The molecular weight excluding hydrogens is 230 g/mol. The molecule has 0 saturated carbocycles. The van der Waals surface area contributed by atoms with Gasteiger partial charge in [0.05, 0.1) is 12.6 Å². The molecule has 1 N–H and O–H groups in total. The summed E-state index contributed by atoms with van der Waals surface area (Å²) in [6.45, 7) is 5.48. The van der Waals surface area contributed by atoms with Crippen molar-refractivity contribution in [1.29, 1.82) is 0 Å². The summed E-state index contributed by atoms with van der Waals surface area (Å²) in [7, 11) is 1.90. The molecule has 1 amide bonds. The minimum Gasteiger partial charge on any atom is -0.334 e. The molecule has 1 aromatic heterocycles. The minimum absolute atomic E-state index is 0.0491. The molecule has 1 aliphatic heterocycles. The van der Waals surface area contributed by atoms with Gasteiger partial charge in [0.1, 0.15) is 6.33 Å². The van der Waals surface area contributed by atoms with Crippen LogP contribution in [0.3, 0.4) is 0 Å². The van der Waals surface area contributed by atoms with E-state index in [0.29, 0.717) is 12.6 Å². The molecule has 0 aliphatic carbocycles. The topological polar surface area (TPSA) is 63.0 Å². The van der Waals surface area contributed by atoms with Gasteiger partial charge in [0.2, 0.25) is 5.91 Å². The summed E-state index contributed by atoms with van der Waals surface area (Å²) in [6, 6.07) is 0.278. The van der Waals surface area contributed by atoms with Crippen LogP contribution < -0.4 is 5.32 Å². The fraction of sp³-hybridized carbons (Fsp3) is 0.750. The highest BCUT2D eigenvalue weighted by Crippen LogP contribution is 2.14. The Labute approximate surface area is 107 Å². The second-order valence-electron chi connectivity index (χ2n) is 5.13. The summed E-state index contributed by atoms with van der Waals surface area (Å²) >= 11 is 0. The van der Waals surface area contributed by atoms with Gasteiger partial charge >= 0.3 is 0 Å². The van der Waals surface area contributed by atoms with Crippen LogP contribution in [0.4, 0.5) is 0 Å². The van der Waals surface area contributed by atoms with Crippen molar-refractivity contribution in [2.75, 3.05) is 6.54 Å². The van der Waals surface area contributed by atoms with Crippen LogP contribution in [0, 0.1) is 0 Å². The Morgan fingerprint density at radius 2 is 2.33 bits per heavy atom. The van der Waals surface area contributed by atoms with E-state index in [1.165, 1.54) is 0 Å². The smallest absolute Gasteiger partial charge is 0.240 e. The van der Waals surface area contributed by atoms with Crippen molar-refractivity contribution in [3.05, 3.63) is 12.2 Å². The maximum Gasteiger partial charge on any atom is 0.240 e. The van der Waals surface area contributed by atoms with E-state index in [0.717, 1.165) is 25.2 Å². The molecule has 1 saturated heterocycles. The number of hydrogen-bond donors (Lipinski definition) is 1. The van der Waals surface area contributed by atoms with Crippen molar-refractivity contribution in [3.8, 4) is 0 Å². The van der Waals surface area contributed by atoms with Crippen molar-refractivity contribution in [3.63, 3.8) is 0 Å². The van der Waals surface area contributed by atoms with E-state index in [4.69, 9.17) is 0 Å². The van der Waals surface area contributed by atoms with Crippen molar-refractivity contribution < 1.29 is 4.79 Å². The van der Waals surface area contributed by atoms with Gasteiger partial charge in [-0.3, -0.25) is 4.79 Å². The van der Waals surface area contributed by atoms with Crippen LogP contribution in [0.5, 0.6) is 0 Å². The lowest BCUT2D eigenvalue weighted by Crippen LogP contribution is -2.52. The summed E-state index contributed by atoms with van der Waals surface area (Å²) in [5.41, 5.74) is 0. The number of aryl methyl sites for hydroxylation is 1. The lowest BCUT2D eigenvalue weighted by atomic mass is 10.0. The summed E-state index contributed by atoms with van der Waals surface area (Å²) in [5.74, 6) is 1.01. The zero-order valence-corrected chi connectivity index (χ0v) is 11.3. The van der Waals surface area contributed by atoms with Crippen LogP contribution in [0.25, 0.3) is 0 Å². The van der Waals surface area contributed by atoms with Gasteiger partial charge in [0.25, 0.3) is 0 Å². The zero-order chi connectivity index (χ0) is 13.1. The molecule has 0 bridgehead atoms. The first-order chi connectivity index (χ1) is 8.58. The van der Waals surface area contributed by atoms with E-state index in [-0.39, 0.29) is 11.9 Å². The Hall–Kier alpha value is -1.43. The number of rotatable bonds is 4. The third-order valence-electron chi connectivity index (χ3n) is 3.20. The Morgan fingerprint density at radius 3 is 2.94 bits per heavy atom. The molecule has 6 nitrogen and oxygen atoms in total. The summed E-state index contributed by atoms with van der Waals surface area (Å²) in [6.07, 6.45) is 3.62. The molecule has 18 heavy (non-hydrogen) atoms. The minimum atomic E-state index is -0.0491. The second-order valence-corrected chi connectivity index (χ2v) is 5.13. The monoisotopic (exact) mass is 251 g/mol. The van der Waals surface area contributed by atoms with Crippen molar-refractivity contribution in [2.24, 2.45) is 7.05 Å². The van der Waals surface area contributed by atoms with Gasteiger partial charge in [0.15, 0.2) is 5.82 Å². The molecule has 1 aromatic rings. The lowest BCUT2D eigenvalue weighted by molar-refractivity contribution is -0.137. The van der Waals surface area contributed by atoms with Gasteiger partial charge in [-0.15, -0.1) is 10.2 Å². The first-order valence-electron chi connectivity index (χ1n) is 6.45. The van der Waals surface area contributed by atoms with Crippen LogP contribution in [-0.4, -0.2) is 44.2 Å². The number of likely N-dealkylation sites (tertiary alicyclic amines) is 1. The van der Waals surface area contributed by atoms with E-state index >= 15 is 0 Å². The molecule has 0 spiro atoms. The predicted octanol–water partition coefficient (Wildman–Crippen LogP) is 0.304. The van der Waals surface area contributed by atoms with Crippen molar-refractivity contribution in [2.45, 2.75) is 45.3 Å². The summed E-state index contributed by atoms with van der Waals surface area (Å²) in [5, 5.41) is 11.2. The van der Waals surface area contributed by atoms with E-state index < -0.39 is 0 Å². The molecule has 100 valence electrons. The average molecular weight is 251 g/mol. The fourth-order valence-electron chi connectivity index (χ4n) is 2.28. The maximum absolute atomic E-state index is 12.3. The van der Waals surface area contributed by atoms with E-state index in [9.17, 15) is 4.79 Å². The van der Waals surface area contributed by atoms with Gasteiger partial charge in [-0.2, -0.15) is 0 Å². The molecule has 2 rings (SSSR count). The Bertz CT molecular complexity index is 414. The third kappa shape index (κ3) is 2.87. The highest BCUT2D eigenvalue weighted by Gasteiger charge is 2.29. The van der Waals surface area contributed by atoms with Crippen molar-refractivity contribution >= 4 is 5.91 Å². The molecule has 1 atom stereocenters. The molecule has 2 heterocycles. The summed E-state index contributed by atoms with van der Waals surface area (Å²) < 4.78 is 1.85. The van der Waals surface area contributed by atoms with Crippen LogP contribution in [0.15, 0.2) is 6.33 Å². The number of carbonyl (C=O) groups is 1. The number of amides is 1. The standard InChI is InChI=1S/C12H21N5O/c1-9(2)14-10-5-4-6-17(12(10)18)7-11-15-13-8-16(11)3/h8-10,14H,4-7H2,1-3H3. The normalized spacial score (nSPS) is 20.8. The van der Waals surface area contributed by atoms with E-state index in [2.05, 4.69) is 29.4 Å². The van der Waals surface area contributed by atoms with Crippen molar-refractivity contribution in [1.82, 2.24) is 25.0 Å². The average Bonchev–Trinajstić information content (AvgIpc) is 2.70. The SMILES string of the molecule is CC(C)NC1CCCN(Cc2nncn2C)C1=O. The fourth-order valence-corrected chi connectivity index (χ4v) is 2.28. The Kier molecular flexibility index (Phi) is 3.96. The molecule has 1 fully saturated rings. The molecule has 1 aliphatic rings. The number of aromatic nitrogens is 3. The largest absolute Gasteiger partial charge is 0.334 e. The van der Waals surface area contributed by atoms with E-state index in [1.807, 2.05) is 16.5 Å². The number of piperidine rings is 1. The van der Waals surface area contributed by atoms with Crippen LogP contribution in [0.2, 0.25) is 0 Å². The van der Waals surface area contributed by atoms with Gasteiger partial charge < -0.3 is 14.8 Å². The Morgan fingerprint density at radius 1 is 1.56 bits per heavy atom. The van der Waals surface area contributed by atoms with Crippen LogP contribution in [0.1, 0.15) is 32.5 Å². The third-order valence-corrected chi connectivity index (χ3v) is 3.20. The first kappa shape index (κ1) is 13.0. The Balaban J connectivity index is 2.00. The van der Waals surface area contributed by atoms with Gasteiger partial charge in [-0.1, -0.05) is 13.8 Å². The second kappa shape index (κ2) is 5.48. The number of nitrogens with zero attached hydrogens (tertiary/aromatic N) is 4. The number of nitrogens with one attached hydrogen (secondary N) is 1. The van der Waals surface area contributed by atoms with E-state index in [1.54, 1.807) is 6.33 Å². The van der Waals surface area contributed by atoms with Gasteiger partial charge in [0, 0.05) is 19.6 Å². The molecule has 0 radical (unpaired) electrons. The molecular formula is C12H21N5O. The predicted molar refractivity (Wildman–Crippen MR) is 67.7 cm³/mol. The quantitative estimate of drug-likeness (QED) is 0.836. The highest BCUT2D eigenvalue weighted by molar-refractivity contribution is 5.82. The van der Waals surface area contributed by atoms with Crippen LogP contribution >= 0.6 is 0 Å². The van der Waals surface area contributed by atoms with Gasteiger partial charge in [-0.05, 0) is 12.8 Å². The lowest BCUT2D eigenvalue weighted by Gasteiger charge is -2.33. The highest BCUT2D eigenvalue weighted by atomic mass is 16.2. The van der Waals surface area contributed by atoms with Crippen LogP contribution in [-0.2, 0) is 18.4 Å².